The molecule has 0 aliphatic heterocycles. The van der Waals surface area contributed by atoms with E-state index in [0.29, 0.717) is 12.1 Å². The van der Waals surface area contributed by atoms with E-state index < -0.39 is 4.92 Å². The predicted octanol–water partition coefficient (Wildman–Crippen LogP) is 2.70. The van der Waals surface area contributed by atoms with Gasteiger partial charge >= 0.3 is 0 Å². The number of anilines is 1. The van der Waals surface area contributed by atoms with Gasteiger partial charge in [-0.15, -0.1) is 11.6 Å². The molecule has 0 N–H and O–H groups in total. The minimum atomic E-state index is -0.416. The highest BCUT2D eigenvalue weighted by Crippen LogP contribution is 2.26. The van der Waals surface area contributed by atoms with Crippen molar-refractivity contribution in [3.63, 3.8) is 0 Å². The van der Waals surface area contributed by atoms with E-state index in [1.54, 1.807) is 18.3 Å². The molecule has 106 valence electrons. The zero-order chi connectivity index (χ0) is 14.7. The molecule has 1 aromatic heterocycles. The molecule has 0 saturated heterocycles. The van der Waals surface area contributed by atoms with Gasteiger partial charge < -0.3 is 9.47 Å². The van der Waals surface area contributed by atoms with Crippen molar-refractivity contribution in [3.8, 4) is 0 Å². The van der Waals surface area contributed by atoms with Crippen LogP contribution >= 0.6 is 11.6 Å². The zero-order valence-corrected chi connectivity index (χ0v) is 12.0. The van der Waals surface area contributed by atoms with E-state index in [2.05, 4.69) is 4.98 Å². The second-order valence-electron chi connectivity index (χ2n) is 4.51. The van der Waals surface area contributed by atoms with Crippen LogP contribution in [0.4, 0.5) is 11.4 Å². The SMILES string of the molecule is CN(Cc1nccn1C)c1ccc([N+](=O)[O-])c(CCl)c1. The molecule has 0 unspecified atom stereocenters. The summed E-state index contributed by atoms with van der Waals surface area (Å²) >= 11 is 5.78. The Kier molecular flexibility index (Phi) is 4.24. The number of benzene rings is 1. The molecule has 2 rings (SSSR count). The van der Waals surface area contributed by atoms with Crippen LogP contribution in [0.15, 0.2) is 30.6 Å². The monoisotopic (exact) mass is 294 g/mol. The van der Waals surface area contributed by atoms with Gasteiger partial charge in [0.15, 0.2) is 0 Å². The number of aromatic nitrogens is 2. The first-order chi connectivity index (χ1) is 9.52. The number of nitrogens with zero attached hydrogens (tertiary/aromatic N) is 4. The van der Waals surface area contributed by atoms with Gasteiger partial charge in [0.2, 0.25) is 0 Å². The number of hydrogen-bond donors (Lipinski definition) is 0. The molecular weight excluding hydrogens is 280 g/mol. The first kappa shape index (κ1) is 14.3. The third-order valence-electron chi connectivity index (χ3n) is 3.14. The fraction of sp³-hybridized carbons (Fsp3) is 0.308. The summed E-state index contributed by atoms with van der Waals surface area (Å²) in [5.41, 5.74) is 1.43. The smallest absolute Gasteiger partial charge is 0.273 e. The van der Waals surface area contributed by atoms with Crippen molar-refractivity contribution in [1.29, 1.82) is 0 Å². The standard InChI is InChI=1S/C13H15ClN4O2/c1-16-6-5-15-13(16)9-17(2)11-3-4-12(18(19)20)10(7-11)8-14/h3-7H,8-9H2,1-2H3. The summed E-state index contributed by atoms with van der Waals surface area (Å²) in [4.78, 5) is 16.7. The van der Waals surface area contributed by atoms with E-state index in [0.717, 1.165) is 11.5 Å². The Labute approximate surface area is 121 Å². The number of nitro benzene ring substituents is 1. The quantitative estimate of drug-likeness (QED) is 0.483. The molecule has 0 saturated carbocycles. The van der Waals surface area contributed by atoms with Gasteiger partial charge in [0, 0.05) is 43.8 Å². The molecule has 7 heteroatoms. The van der Waals surface area contributed by atoms with Crippen LogP contribution in [0.1, 0.15) is 11.4 Å². The number of aryl methyl sites for hydroxylation is 1. The summed E-state index contributed by atoms with van der Waals surface area (Å²) in [6.07, 6.45) is 3.62. The van der Waals surface area contributed by atoms with Crippen LogP contribution in [-0.4, -0.2) is 21.5 Å². The Bertz CT molecular complexity index is 627. The van der Waals surface area contributed by atoms with Crippen LogP contribution in [0.2, 0.25) is 0 Å². The van der Waals surface area contributed by atoms with Crippen LogP contribution in [0, 0.1) is 10.1 Å². The fourth-order valence-corrected chi connectivity index (χ4v) is 2.16. The first-order valence-corrected chi connectivity index (χ1v) is 6.57. The third-order valence-corrected chi connectivity index (χ3v) is 3.43. The van der Waals surface area contributed by atoms with E-state index in [1.807, 2.05) is 29.8 Å². The van der Waals surface area contributed by atoms with E-state index in [-0.39, 0.29) is 11.6 Å². The number of nitro groups is 1. The molecule has 0 aliphatic rings. The number of hydrogen-bond acceptors (Lipinski definition) is 4. The van der Waals surface area contributed by atoms with Crippen molar-refractivity contribution < 1.29 is 4.92 Å². The average Bonchev–Trinajstić information content (AvgIpc) is 2.83. The van der Waals surface area contributed by atoms with Gasteiger partial charge in [-0.1, -0.05) is 0 Å². The van der Waals surface area contributed by atoms with Gasteiger partial charge in [0.25, 0.3) is 5.69 Å². The lowest BCUT2D eigenvalue weighted by atomic mass is 10.1. The van der Waals surface area contributed by atoms with E-state index in [4.69, 9.17) is 11.6 Å². The van der Waals surface area contributed by atoms with Crippen LogP contribution in [-0.2, 0) is 19.5 Å². The topological polar surface area (TPSA) is 64.2 Å². The maximum Gasteiger partial charge on any atom is 0.273 e. The molecule has 1 aromatic carbocycles. The summed E-state index contributed by atoms with van der Waals surface area (Å²) in [6, 6.07) is 4.95. The molecule has 20 heavy (non-hydrogen) atoms. The van der Waals surface area contributed by atoms with Gasteiger partial charge in [0.1, 0.15) is 5.82 Å². The summed E-state index contributed by atoms with van der Waals surface area (Å²) in [5, 5.41) is 10.9. The molecule has 6 nitrogen and oxygen atoms in total. The number of alkyl halides is 1. The average molecular weight is 295 g/mol. The van der Waals surface area contributed by atoms with Crippen LogP contribution in [0.5, 0.6) is 0 Å². The lowest BCUT2D eigenvalue weighted by Crippen LogP contribution is -2.19. The van der Waals surface area contributed by atoms with Gasteiger partial charge in [-0.25, -0.2) is 4.98 Å². The number of imidazole rings is 1. The summed E-state index contributed by atoms with van der Waals surface area (Å²) in [7, 11) is 3.84. The molecule has 1 heterocycles. The Morgan fingerprint density at radius 3 is 2.80 bits per heavy atom. The maximum absolute atomic E-state index is 10.9. The molecule has 0 spiro atoms. The van der Waals surface area contributed by atoms with Crippen molar-refractivity contribution >= 4 is 23.0 Å². The molecule has 0 atom stereocenters. The molecule has 0 aliphatic carbocycles. The van der Waals surface area contributed by atoms with Crippen LogP contribution in [0.25, 0.3) is 0 Å². The summed E-state index contributed by atoms with van der Waals surface area (Å²) in [5.74, 6) is 1.03. The van der Waals surface area contributed by atoms with Gasteiger partial charge in [-0.3, -0.25) is 10.1 Å². The van der Waals surface area contributed by atoms with Crippen molar-refractivity contribution in [2.45, 2.75) is 12.4 Å². The molecule has 0 bridgehead atoms. The summed E-state index contributed by atoms with van der Waals surface area (Å²) in [6.45, 7) is 0.614. The van der Waals surface area contributed by atoms with Crippen LogP contribution < -0.4 is 4.90 Å². The van der Waals surface area contributed by atoms with Gasteiger partial charge in [-0.05, 0) is 12.1 Å². The molecule has 0 radical (unpaired) electrons. The molecule has 2 aromatic rings. The Hall–Kier alpha value is -2.08. The lowest BCUT2D eigenvalue weighted by molar-refractivity contribution is -0.385. The van der Waals surface area contributed by atoms with E-state index in [1.165, 1.54) is 6.07 Å². The predicted molar refractivity (Wildman–Crippen MR) is 78.0 cm³/mol. The van der Waals surface area contributed by atoms with Gasteiger partial charge in [0.05, 0.1) is 17.3 Å². The number of halogens is 1. The second kappa shape index (κ2) is 5.92. The fourth-order valence-electron chi connectivity index (χ4n) is 1.95. The van der Waals surface area contributed by atoms with Crippen molar-refractivity contribution in [3.05, 3.63) is 52.1 Å². The Morgan fingerprint density at radius 1 is 1.50 bits per heavy atom. The molecule has 0 amide bonds. The zero-order valence-electron chi connectivity index (χ0n) is 11.3. The van der Waals surface area contributed by atoms with E-state index in [9.17, 15) is 10.1 Å². The highest BCUT2D eigenvalue weighted by atomic mass is 35.5. The first-order valence-electron chi connectivity index (χ1n) is 6.03. The Morgan fingerprint density at radius 2 is 2.25 bits per heavy atom. The van der Waals surface area contributed by atoms with Crippen molar-refractivity contribution in [2.24, 2.45) is 7.05 Å². The maximum atomic E-state index is 10.9. The highest BCUT2D eigenvalue weighted by Gasteiger charge is 2.15. The van der Waals surface area contributed by atoms with Crippen molar-refractivity contribution in [2.75, 3.05) is 11.9 Å². The minimum Gasteiger partial charge on any atom is -0.367 e. The normalized spacial score (nSPS) is 10.6. The number of rotatable bonds is 5. The second-order valence-corrected chi connectivity index (χ2v) is 4.78. The molecular formula is C13H15ClN4O2. The Balaban J connectivity index is 2.24. The summed E-state index contributed by atoms with van der Waals surface area (Å²) < 4.78 is 1.93. The third kappa shape index (κ3) is 2.91. The highest BCUT2D eigenvalue weighted by molar-refractivity contribution is 6.17. The largest absolute Gasteiger partial charge is 0.367 e. The minimum absolute atomic E-state index is 0.0501. The molecule has 0 fully saturated rings. The van der Waals surface area contributed by atoms with Crippen molar-refractivity contribution in [1.82, 2.24) is 9.55 Å². The van der Waals surface area contributed by atoms with Crippen LogP contribution in [0.3, 0.4) is 0 Å². The van der Waals surface area contributed by atoms with E-state index >= 15 is 0 Å². The lowest BCUT2D eigenvalue weighted by Gasteiger charge is -2.19. The van der Waals surface area contributed by atoms with Gasteiger partial charge in [-0.2, -0.15) is 0 Å².